The maximum atomic E-state index is 13.4. The van der Waals surface area contributed by atoms with Gasteiger partial charge in [-0.1, -0.05) is 11.6 Å². The Balaban J connectivity index is 2.35. The summed E-state index contributed by atoms with van der Waals surface area (Å²) in [6.07, 6.45) is 4.11. The number of hydrogen-bond acceptors (Lipinski definition) is 3. The molecule has 0 fully saturated rings. The van der Waals surface area contributed by atoms with Gasteiger partial charge in [-0.25, -0.2) is 4.39 Å². The molecule has 0 saturated carbocycles. The summed E-state index contributed by atoms with van der Waals surface area (Å²) >= 11 is 5.71. The normalized spacial score (nSPS) is 12.4. The van der Waals surface area contributed by atoms with E-state index in [2.05, 4.69) is 9.97 Å². The van der Waals surface area contributed by atoms with Crippen molar-refractivity contribution in [1.29, 1.82) is 0 Å². The zero-order valence-electron chi connectivity index (χ0n) is 8.27. The topological polar surface area (TPSA) is 51.8 Å². The highest BCUT2D eigenvalue weighted by atomic mass is 35.5. The van der Waals surface area contributed by atoms with Crippen molar-refractivity contribution in [3.63, 3.8) is 0 Å². The zero-order chi connectivity index (χ0) is 11.5. The monoisotopic (exact) mass is 237 g/mol. The Hall–Kier alpha value is -1.52. The number of aromatic nitrogens is 2. The number of nitrogens with two attached hydrogens (primary N) is 1. The second-order valence-electron chi connectivity index (χ2n) is 3.28. The molecule has 1 atom stereocenters. The lowest BCUT2D eigenvalue weighted by Gasteiger charge is -2.11. The van der Waals surface area contributed by atoms with Crippen LogP contribution in [0.1, 0.15) is 17.3 Å². The maximum Gasteiger partial charge on any atom is 0.146 e. The van der Waals surface area contributed by atoms with Gasteiger partial charge in [0.25, 0.3) is 0 Å². The molecule has 0 amide bonds. The fourth-order valence-electron chi connectivity index (χ4n) is 1.37. The van der Waals surface area contributed by atoms with Crippen LogP contribution in [0.5, 0.6) is 0 Å². The highest BCUT2D eigenvalue weighted by Crippen LogP contribution is 2.20. The summed E-state index contributed by atoms with van der Waals surface area (Å²) in [4.78, 5) is 7.71. The van der Waals surface area contributed by atoms with E-state index in [9.17, 15) is 4.39 Å². The van der Waals surface area contributed by atoms with E-state index < -0.39 is 11.9 Å². The minimum Gasteiger partial charge on any atom is -0.319 e. The van der Waals surface area contributed by atoms with Crippen molar-refractivity contribution in [2.75, 3.05) is 0 Å². The van der Waals surface area contributed by atoms with Crippen molar-refractivity contribution in [1.82, 2.24) is 9.97 Å². The largest absolute Gasteiger partial charge is 0.319 e. The molecule has 0 radical (unpaired) electrons. The fourth-order valence-corrected chi connectivity index (χ4v) is 1.48. The molecule has 2 heterocycles. The van der Waals surface area contributed by atoms with Gasteiger partial charge in [0.2, 0.25) is 0 Å². The van der Waals surface area contributed by atoms with Gasteiger partial charge in [-0.2, -0.15) is 0 Å². The zero-order valence-corrected chi connectivity index (χ0v) is 9.03. The van der Waals surface area contributed by atoms with Gasteiger partial charge in [0, 0.05) is 18.0 Å². The summed E-state index contributed by atoms with van der Waals surface area (Å²) in [6.45, 7) is 0. The summed E-state index contributed by atoms with van der Waals surface area (Å²) in [5.41, 5.74) is 6.82. The van der Waals surface area contributed by atoms with E-state index in [-0.39, 0.29) is 0 Å². The maximum absolute atomic E-state index is 13.4. The molecule has 2 N–H and O–H groups in total. The van der Waals surface area contributed by atoms with Crippen LogP contribution in [-0.2, 0) is 0 Å². The third-order valence-electron chi connectivity index (χ3n) is 2.21. The second-order valence-corrected chi connectivity index (χ2v) is 3.71. The van der Waals surface area contributed by atoms with Crippen LogP contribution in [-0.4, -0.2) is 9.97 Å². The van der Waals surface area contributed by atoms with Crippen molar-refractivity contribution < 1.29 is 4.39 Å². The van der Waals surface area contributed by atoms with Gasteiger partial charge in [0.15, 0.2) is 0 Å². The predicted octanol–water partition coefficient (Wildman–Crippen LogP) is 2.32. The summed E-state index contributed by atoms with van der Waals surface area (Å²) in [5.74, 6) is -0.438. The van der Waals surface area contributed by atoms with E-state index in [0.29, 0.717) is 16.3 Å². The molecule has 0 spiro atoms. The Kier molecular flexibility index (Phi) is 3.12. The Morgan fingerprint density at radius 1 is 1.25 bits per heavy atom. The molecule has 0 aliphatic rings. The highest BCUT2D eigenvalue weighted by Gasteiger charge is 2.14. The van der Waals surface area contributed by atoms with E-state index in [1.807, 2.05) is 0 Å². The first-order valence-electron chi connectivity index (χ1n) is 4.65. The molecule has 2 aromatic rings. The third-order valence-corrected chi connectivity index (χ3v) is 2.43. The van der Waals surface area contributed by atoms with Crippen molar-refractivity contribution in [2.24, 2.45) is 5.73 Å². The molecule has 16 heavy (non-hydrogen) atoms. The number of halogens is 2. The SMILES string of the molecule is NC(c1ccc(Cl)cn1)c1ccncc1F. The van der Waals surface area contributed by atoms with E-state index >= 15 is 0 Å². The Morgan fingerprint density at radius 3 is 2.69 bits per heavy atom. The lowest BCUT2D eigenvalue weighted by molar-refractivity contribution is 0.591. The summed E-state index contributed by atoms with van der Waals surface area (Å²) < 4.78 is 13.4. The van der Waals surface area contributed by atoms with Gasteiger partial charge in [-0.3, -0.25) is 9.97 Å². The minimum atomic E-state index is -0.611. The fraction of sp³-hybridized carbons (Fsp3) is 0.0909. The third kappa shape index (κ3) is 2.18. The quantitative estimate of drug-likeness (QED) is 0.872. The first kappa shape index (κ1) is 11.0. The van der Waals surface area contributed by atoms with Crippen LogP contribution in [0, 0.1) is 5.82 Å². The molecule has 3 nitrogen and oxygen atoms in total. The molecule has 2 rings (SSSR count). The lowest BCUT2D eigenvalue weighted by atomic mass is 10.1. The molecule has 2 aromatic heterocycles. The molecule has 1 unspecified atom stereocenters. The van der Waals surface area contributed by atoms with Gasteiger partial charge >= 0.3 is 0 Å². The first-order chi connectivity index (χ1) is 7.68. The van der Waals surface area contributed by atoms with Gasteiger partial charge < -0.3 is 5.73 Å². The Bertz CT molecular complexity index is 487. The number of hydrogen-bond donors (Lipinski definition) is 1. The van der Waals surface area contributed by atoms with Crippen molar-refractivity contribution in [2.45, 2.75) is 6.04 Å². The van der Waals surface area contributed by atoms with Crippen LogP contribution >= 0.6 is 11.6 Å². The number of pyridine rings is 2. The summed E-state index contributed by atoms with van der Waals surface area (Å²) in [5, 5.41) is 0.520. The smallest absolute Gasteiger partial charge is 0.146 e. The molecular formula is C11H9ClFN3. The Morgan fingerprint density at radius 2 is 2.06 bits per heavy atom. The minimum absolute atomic E-state index is 0.366. The predicted molar refractivity (Wildman–Crippen MR) is 59.5 cm³/mol. The van der Waals surface area contributed by atoms with Crippen LogP contribution in [0.3, 0.4) is 0 Å². The molecule has 0 saturated heterocycles. The molecule has 82 valence electrons. The van der Waals surface area contributed by atoms with Gasteiger partial charge in [-0.05, 0) is 18.2 Å². The molecular weight excluding hydrogens is 229 g/mol. The van der Waals surface area contributed by atoms with Crippen LogP contribution < -0.4 is 5.73 Å². The molecule has 5 heteroatoms. The van der Waals surface area contributed by atoms with Gasteiger partial charge in [0.05, 0.1) is 23.0 Å². The van der Waals surface area contributed by atoms with Crippen LogP contribution in [0.2, 0.25) is 5.02 Å². The standard InChI is InChI=1S/C11H9ClFN3/c12-7-1-2-10(16-5-7)11(14)8-3-4-15-6-9(8)13/h1-6,11H,14H2. The molecule has 0 aliphatic carbocycles. The van der Waals surface area contributed by atoms with Gasteiger partial charge in [-0.15, -0.1) is 0 Å². The summed E-state index contributed by atoms with van der Waals surface area (Å²) in [7, 11) is 0. The second kappa shape index (κ2) is 4.55. The molecule has 0 aromatic carbocycles. The average molecular weight is 238 g/mol. The van der Waals surface area contributed by atoms with Gasteiger partial charge in [0.1, 0.15) is 5.82 Å². The van der Waals surface area contributed by atoms with Crippen molar-refractivity contribution >= 4 is 11.6 Å². The van der Waals surface area contributed by atoms with E-state index in [1.165, 1.54) is 18.5 Å². The van der Waals surface area contributed by atoms with Crippen molar-refractivity contribution in [3.8, 4) is 0 Å². The Labute approximate surface area is 97.1 Å². The number of rotatable bonds is 2. The highest BCUT2D eigenvalue weighted by molar-refractivity contribution is 6.30. The summed E-state index contributed by atoms with van der Waals surface area (Å²) in [6, 6.07) is 4.27. The number of nitrogens with zero attached hydrogens (tertiary/aromatic N) is 2. The first-order valence-corrected chi connectivity index (χ1v) is 5.02. The lowest BCUT2D eigenvalue weighted by Crippen LogP contribution is -2.15. The van der Waals surface area contributed by atoms with E-state index in [1.54, 1.807) is 12.1 Å². The van der Waals surface area contributed by atoms with E-state index in [4.69, 9.17) is 17.3 Å². The average Bonchev–Trinajstić information content (AvgIpc) is 2.30. The van der Waals surface area contributed by atoms with Crippen LogP contribution in [0.25, 0.3) is 0 Å². The molecule has 0 bridgehead atoms. The van der Waals surface area contributed by atoms with Crippen LogP contribution in [0.15, 0.2) is 36.8 Å². The van der Waals surface area contributed by atoms with Crippen LogP contribution in [0.4, 0.5) is 4.39 Å². The van der Waals surface area contributed by atoms with E-state index in [0.717, 1.165) is 6.20 Å². The van der Waals surface area contributed by atoms with Crippen molar-refractivity contribution in [3.05, 3.63) is 58.9 Å². The molecule has 0 aliphatic heterocycles.